The van der Waals surface area contributed by atoms with Gasteiger partial charge in [0.1, 0.15) is 17.2 Å². The number of pyridine rings is 1. The average Bonchev–Trinajstić information content (AvgIpc) is 4.06. The summed E-state index contributed by atoms with van der Waals surface area (Å²) in [5.74, 6) is 1.09. The van der Waals surface area contributed by atoms with Crippen molar-refractivity contribution in [3.8, 4) is 16.9 Å². The van der Waals surface area contributed by atoms with Crippen molar-refractivity contribution in [1.82, 2.24) is 30.0 Å². The lowest BCUT2D eigenvalue weighted by atomic mass is 9.84. The zero-order valence-corrected chi connectivity index (χ0v) is 45.8. The van der Waals surface area contributed by atoms with E-state index >= 15 is 0 Å². The lowest BCUT2D eigenvalue weighted by Crippen LogP contribution is -2.39. The molecular formula is C62H70N8O6S. The minimum absolute atomic E-state index is 0.126. The second-order valence-electron chi connectivity index (χ2n) is 22.7. The quantitative estimate of drug-likeness (QED) is 0.0606. The summed E-state index contributed by atoms with van der Waals surface area (Å²) in [5, 5.41) is 11.9. The molecule has 1 saturated carbocycles. The standard InChI is InChI=1S/C62H70N8O6S/c1-38-44(45-27-29-54(64-57(45)60(74)76-62(2,3)4)70-34-31-40-14-10-17-46(49(40)37-70)58(72)66-61-63-50-18-6-7-20-53(50)77-61)16-11-19-52(38)75-43-24-21-39(22-25-43)13-8-9-32-69-33-12-15-42(36-69)41-23-26-47-51(35-41)68(5)67-56(47)48-28-30-55(71)65-59(48)73/h6-7,10-11,14,16-20,23,26-27,29,35,39,42-43,48H,8-9,12-13,15,21-22,24-25,28,30-34,36-37H2,1-5H3,(H,63,66,72)(H,65,71,73)/t39?,42-,43?,48+/m0/s1. The monoisotopic (exact) mass is 1050 g/mol. The van der Waals surface area contributed by atoms with E-state index in [0.29, 0.717) is 59.8 Å². The Morgan fingerprint density at radius 2 is 1.69 bits per heavy atom. The Morgan fingerprint density at radius 1 is 0.857 bits per heavy atom. The summed E-state index contributed by atoms with van der Waals surface area (Å²) in [4.78, 5) is 66.9. The first-order valence-electron chi connectivity index (χ1n) is 27.8. The molecule has 15 heteroatoms. The van der Waals surface area contributed by atoms with Crippen LogP contribution in [-0.2, 0) is 34.3 Å². The number of fused-ring (bicyclic) bond motifs is 3. The molecule has 1 aliphatic carbocycles. The summed E-state index contributed by atoms with van der Waals surface area (Å²) >= 11 is 1.45. The molecular weight excluding hydrogens is 985 g/mol. The third-order valence-corrected chi connectivity index (χ3v) is 17.2. The van der Waals surface area contributed by atoms with Gasteiger partial charge in [0.25, 0.3) is 5.91 Å². The van der Waals surface area contributed by atoms with E-state index in [9.17, 15) is 19.2 Å². The molecule has 2 N–H and O–H groups in total. The summed E-state index contributed by atoms with van der Waals surface area (Å²) in [6.07, 6.45) is 12.0. The van der Waals surface area contributed by atoms with Crippen LogP contribution in [0.15, 0.2) is 91.0 Å². The Morgan fingerprint density at radius 3 is 2.51 bits per heavy atom. The third kappa shape index (κ3) is 11.5. The van der Waals surface area contributed by atoms with Crippen molar-refractivity contribution in [3.63, 3.8) is 0 Å². The number of hydrogen-bond acceptors (Lipinski definition) is 12. The average molecular weight is 1060 g/mol. The van der Waals surface area contributed by atoms with Gasteiger partial charge in [-0.05, 0) is 181 Å². The number of ether oxygens (including phenoxy) is 2. The van der Waals surface area contributed by atoms with Crippen molar-refractivity contribution in [3.05, 3.63) is 130 Å². The van der Waals surface area contributed by atoms with Crippen LogP contribution in [0.3, 0.4) is 0 Å². The van der Waals surface area contributed by atoms with Gasteiger partial charge >= 0.3 is 5.97 Å². The predicted octanol–water partition coefficient (Wildman–Crippen LogP) is 11.8. The summed E-state index contributed by atoms with van der Waals surface area (Å²) < 4.78 is 15.7. The molecule has 4 aromatic carbocycles. The zero-order valence-electron chi connectivity index (χ0n) is 45.0. The summed E-state index contributed by atoms with van der Waals surface area (Å²) in [6.45, 7) is 12.1. The topological polar surface area (TPSA) is 161 Å². The van der Waals surface area contributed by atoms with Crippen molar-refractivity contribution in [2.24, 2.45) is 13.0 Å². The number of aryl methyl sites for hydroxylation is 1. The van der Waals surface area contributed by atoms with Crippen LogP contribution < -0.4 is 20.3 Å². The normalized spacial score (nSPS) is 20.2. The van der Waals surface area contributed by atoms with Gasteiger partial charge in [-0.2, -0.15) is 5.10 Å². The Hall–Kier alpha value is -6.97. The second kappa shape index (κ2) is 22.2. The smallest absolute Gasteiger partial charge is 0.358 e. The molecule has 0 unspecified atom stereocenters. The Kier molecular flexibility index (Phi) is 15.0. The molecule has 3 aromatic heterocycles. The molecule has 0 spiro atoms. The number of benzene rings is 4. The van der Waals surface area contributed by atoms with E-state index in [1.807, 2.05) is 99.2 Å². The van der Waals surface area contributed by atoms with Gasteiger partial charge in [0.15, 0.2) is 10.8 Å². The van der Waals surface area contributed by atoms with E-state index in [0.717, 1.165) is 107 Å². The lowest BCUT2D eigenvalue weighted by Gasteiger charge is -2.33. The molecule has 14 nitrogen and oxygen atoms in total. The van der Waals surface area contributed by atoms with Crippen LogP contribution in [-0.4, -0.2) is 86.2 Å². The number of piperidine rings is 2. The number of imide groups is 1. The van der Waals surface area contributed by atoms with Crippen molar-refractivity contribution >= 4 is 67.1 Å². The van der Waals surface area contributed by atoms with E-state index in [2.05, 4.69) is 56.6 Å². The van der Waals surface area contributed by atoms with Gasteiger partial charge in [0.2, 0.25) is 11.8 Å². The van der Waals surface area contributed by atoms with Crippen molar-refractivity contribution < 1.29 is 28.7 Å². The minimum Gasteiger partial charge on any atom is -0.490 e. The molecule has 2 saturated heterocycles. The fourth-order valence-electron chi connectivity index (χ4n) is 12.2. The van der Waals surface area contributed by atoms with Gasteiger partial charge in [-0.25, -0.2) is 14.8 Å². The van der Waals surface area contributed by atoms with E-state index in [4.69, 9.17) is 19.6 Å². The largest absolute Gasteiger partial charge is 0.490 e. The summed E-state index contributed by atoms with van der Waals surface area (Å²) in [6, 6.07) is 30.4. The highest BCUT2D eigenvalue weighted by molar-refractivity contribution is 7.22. The predicted molar refractivity (Wildman–Crippen MR) is 303 cm³/mol. The molecule has 2 atom stereocenters. The van der Waals surface area contributed by atoms with Gasteiger partial charge in [0.05, 0.1) is 33.4 Å². The SMILES string of the molecule is Cc1c(OC2CCC(CCCCN3CCC[C@H](c4ccc5c([C@H]6CCC(=O)NC6=O)nn(C)c5c4)C3)CC2)cccc1-c1ccc(N2CCc3cccc(C(=O)Nc4nc5ccccc5s4)c3C2)nc1C(=O)OC(C)(C)C. The molecule has 3 aliphatic heterocycles. The van der Waals surface area contributed by atoms with Crippen LogP contribution in [0.1, 0.15) is 152 Å². The molecule has 11 rings (SSSR count). The first-order chi connectivity index (χ1) is 37.2. The van der Waals surface area contributed by atoms with Crippen LogP contribution in [0.4, 0.5) is 10.9 Å². The molecule has 4 aliphatic rings. The third-order valence-electron chi connectivity index (χ3n) is 16.3. The number of hydrogen-bond donors (Lipinski definition) is 2. The van der Waals surface area contributed by atoms with Gasteiger partial charge in [-0.1, -0.05) is 72.7 Å². The minimum atomic E-state index is -0.730. The number of nitrogens with zero attached hydrogens (tertiary/aromatic N) is 6. The molecule has 77 heavy (non-hydrogen) atoms. The van der Waals surface area contributed by atoms with Gasteiger partial charge in [-0.3, -0.25) is 29.7 Å². The number of esters is 1. The van der Waals surface area contributed by atoms with Gasteiger partial charge < -0.3 is 19.3 Å². The summed E-state index contributed by atoms with van der Waals surface area (Å²) in [7, 11) is 1.95. The Bertz CT molecular complexity index is 3340. The van der Waals surface area contributed by atoms with Crippen LogP contribution in [0.25, 0.3) is 32.2 Å². The van der Waals surface area contributed by atoms with Crippen LogP contribution in [0.5, 0.6) is 5.75 Å². The van der Waals surface area contributed by atoms with Crippen molar-refractivity contribution in [2.75, 3.05) is 36.4 Å². The van der Waals surface area contributed by atoms with Crippen LogP contribution >= 0.6 is 11.3 Å². The highest BCUT2D eigenvalue weighted by Crippen LogP contribution is 2.39. The number of rotatable bonds is 14. The van der Waals surface area contributed by atoms with E-state index in [1.54, 1.807) is 0 Å². The van der Waals surface area contributed by atoms with Crippen molar-refractivity contribution in [2.45, 2.75) is 135 Å². The maximum absolute atomic E-state index is 14.1. The van der Waals surface area contributed by atoms with Crippen molar-refractivity contribution in [1.29, 1.82) is 0 Å². The zero-order chi connectivity index (χ0) is 53.4. The molecule has 3 fully saturated rings. The van der Waals surface area contributed by atoms with Gasteiger partial charge in [-0.15, -0.1) is 0 Å². The van der Waals surface area contributed by atoms with E-state index < -0.39 is 17.5 Å². The second-order valence-corrected chi connectivity index (χ2v) is 23.8. The molecule has 0 bridgehead atoms. The summed E-state index contributed by atoms with van der Waals surface area (Å²) in [5.41, 5.74) is 8.68. The molecule has 400 valence electrons. The fraction of sp³-hybridized carbons (Fsp3) is 0.435. The van der Waals surface area contributed by atoms with Crippen LogP contribution in [0.2, 0.25) is 0 Å². The maximum Gasteiger partial charge on any atom is 0.358 e. The highest BCUT2D eigenvalue weighted by atomic mass is 32.1. The van der Waals surface area contributed by atoms with E-state index in [1.165, 1.54) is 49.0 Å². The fourth-order valence-corrected chi connectivity index (χ4v) is 13.1. The molecule has 0 radical (unpaired) electrons. The molecule has 7 aromatic rings. The number of unbranched alkanes of at least 4 members (excludes halogenated alkanes) is 1. The number of nitrogens with one attached hydrogen (secondary N) is 2. The number of thiazole rings is 1. The van der Waals surface area contributed by atoms with E-state index in [-0.39, 0.29) is 29.5 Å². The number of anilines is 2. The number of likely N-dealkylation sites (tertiary alicyclic amines) is 1. The number of amides is 3. The highest BCUT2D eigenvalue weighted by Gasteiger charge is 2.33. The molecule has 6 heterocycles. The number of carbonyl (C=O) groups excluding carboxylic acids is 4. The number of aromatic nitrogens is 4. The number of carbonyl (C=O) groups is 4. The maximum atomic E-state index is 14.1. The molecule has 3 amide bonds. The lowest BCUT2D eigenvalue weighted by molar-refractivity contribution is -0.134. The first kappa shape index (κ1) is 52.1. The Labute approximate surface area is 454 Å². The van der Waals surface area contributed by atoms with Crippen LogP contribution in [0, 0.1) is 12.8 Å². The van der Waals surface area contributed by atoms with Gasteiger partial charge in [0, 0.05) is 49.6 Å². The number of para-hydroxylation sites is 1. The first-order valence-corrected chi connectivity index (χ1v) is 28.6. The Balaban J connectivity index is 0.693.